The number of nitrogens with zero attached hydrogens (tertiary/aromatic N) is 2. The van der Waals surface area contributed by atoms with E-state index in [0.717, 1.165) is 0 Å². The van der Waals surface area contributed by atoms with Gasteiger partial charge in [-0.25, -0.2) is 12.5 Å². The predicted octanol–water partition coefficient (Wildman–Crippen LogP) is 1.29. The normalized spacial score (nSPS) is 13.3. The van der Waals surface area contributed by atoms with Gasteiger partial charge in [0, 0.05) is 18.1 Å². The molecule has 3 N–H and O–H groups in total. The van der Waals surface area contributed by atoms with E-state index in [2.05, 4.69) is 9.82 Å². The van der Waals surface area contributed by atoms with E-state index in [1.807, 2.05) is 0 Å². The molecular weight excluding hydrogens is 284 g/mol. The van der Waals surface area contributed by atoms with Crippen molar-refractivity contribution >= 4 is 27.7 Å². The molecule has 19 heavy (non-hydrogen) atoms. The molecule has 6 nitrogen and oxygen atoms in total. The summed E-state index contributed by atoms with van der Waals surface area (Å²) in [7, 11) is -3.55. The van der Waals surface area contributed by atoms with Gasteiger partial charge in [-0.3, -0.25) is 0 Å². The highest BCUT2D eigenvalue weighted by atomic mass is 32.2. The summed E-state index contributed by atoms with van der Waals surface area (Å²) in [6, 6.07) is 7.83. The molecule has 0 saturated heterocycles. The first-order valence-corrected chi connectivity index (χ1v) is 7.84. The summed E-state index contributed by atoms with van der Waals surface area (Å²) in [6.45, 7) is 1.75. The summed E-state index contributed by atoms with van der Waals surface area (Å²) in [5.74, 6) is 0. The number of hydrogen-bond acceptors (Lipinski definition) is 5. The third kappa shape index (κ3) is 3.72. The molecule has 8 heteroatoms. The first kappa shape index (κ1) is 13.9. The van der Waals surface area contributed by atoms with Crippen LogP contribution in [0.15, 0.2) is 47.6 Å². The van der Waals surface area contributed by atoms with Crippen LogP contribution in [0.5, 0.6) is 0 Å². The van der Waals surface area contributed by atoms with Crippen LogP contribution >= 0.6 is 11.9 Å². The van der Waals surface area contributed by atoms with Gasteiger partial charge >= 0.3 is 0 Å². The minimum absolute atomic E-state index is 0.189. The summed E-state index contributed by atoms with van der Waals surface area (Å²) in [4.78, 5) is 0.189. The molecule has 0 bridgehead atoms. The molecule has 1 heterocycles. The number of rotatable bonds is 5. The molecule has 1 aromatic heterocycles. The van der Waals surface area contributed by atoms with E-state index < -0.39 is 10.0 Å². The number of sulfonamides is 1. The fourth-order valence-corrected chi connectivity index (χ4v) is 3.63. The van der Waals surface area contributed by atoms with Gasteiger partial charge in [0.05, 0.1) is 10.3 Å². The Morgan fingerprint density at radius 3 is 2.63 bits per heavy atom. The lowest BCUT2D eigenvalue weighted by molar-refractivity contribution is 0.581. The van der Waals surface area contributed by atoms with Crippen molar-refractivity contribution in [2.75, 3.05) is 5.73 Å². The topological polar surface area (TPSA) is 90.0 Å². The van der Waals surface area contributed by atoms with Crippen LogP contribution in [0.2, 0.25) is 0 Å². The van der Waals surface area contributed by atoms with Gasteiger partial charge < -0.3 is 5.73 Å². The van der Waals surface area contributed by atoms with Crippen molar-refractivity contribution in [1.29, 1.82) is 0 Å². The summed E-state index contributed by atoms with van der Waals surface area (Å²) in [5.41, 5.74) is 6.06. The molecule has 0 spiro atoms. The van der Waals surface area contributed by atoms with Gasteiger partial charge in [-0.05, 0) is 49.2 Å². The number of hydrogen-bond donors (Lipinski definition) is 2. The Balaban J connectivity index is 2.06. The van der Waals surface area contributed by atoms with Crippen LogP contribution < -0.4 is 10.5 Å². The van der Waals surface area contributed by atoms with Crippen LogP contribution in [0.25, 0.3) is 0 Å². The largest absolute Gasteiger partial charge is 0.399 e. The Morgan fingerprint density at radius 2 is 2.05 bits per heavy atom. The maximum Gasteiger partial charge on any atom is 0.241 e. The number of anilines is 1. The molecule has 2 rings (SSSR count). The van der Waals surface area contributed by atoms with Crippen molar-refractivity contribution in [3.8, 4) is 0 Å². The Kier molecular flexibility index (Phi) is 4.13. The van der Waals surface area contributed by atoms with Crippen LogP contribution in [0.3, 0.4) is 0 Å². The molecule has 0 radical (unpaired) electrons. The minimum Gasteiger partial charge on any atom is -0.399 e. The lowest BCUT2D eigenvalue weighted by Crippen LogP contribution is -2.31. The lowest BCUT2D eigenvalue weighted by atomic mass is 10.3. The molecule has 0 saturated carbocycles. The Morgan fingerprint density at radius 1 is 1.37 bits per heavy atom. The lowest BCUT2D eigenvalue weighted by Gasteiger charge is -2.13. The summed E-state index contributed by atoms with van der Waals surface area (Å²) >= 11 is 1.27. The highest BCUT2D eigenvalue weighted by Crippen LogP contribution is 2.15. The Labute approximate surface area is 116 Å². The second kappa shape index (κ2) is 5.64. The molecule has 0 aliphatic heterocycles. The molecule has 0 aliphatic carbocycles. The van der Waals surface area contributed by atoms with Gasteiger partial charge in [0.2, 0.25) is 10.0 Å². The van der Waals surface area contributed by atoms with Crippen molar-refractivity contribution in [2.24, 2.45) is 0 Å². The molecule has 0 amide bonds. The maximum absolute atomic E-state index is 12.1. The number of benzene rings is 1. The maximum atomic E-state index is 12.1. The van der Waals surface area contributed by atoms with Gasteiger partial charge in [-0.1, -0.05) is 0 Å². The fourth-order valence-electron chi connectivity index (χ4n) is 1.43. The van der Waals surface area contributed by atoms with E-state index >= 15 is 0 Å². The first-order chi connectivity index (χ1) is 8.97. The zero-order valence-electron chi connectivity index (χ0n) is 10.2. The second-order valence-electron chi connectivity index (χ2n) is 3.85. The number of nitrogens with two attached hydrogens (primary N) is 1. The minimum atomic E-state index is -3.55. The SMILES string of the molecule is CC(NS(=O)(=O)c1ccc(N)cc1)Sn1cccn1. The van der Waals surface area contributed by atoms with Crippen molar-refractivity contribution in [3.63, 3.8) is 0 Å². The van der Waals surface area contributed by atoms with Gasteiger partial charge in [-0.2, -0.15) is 9.82 Å². The second-order valence-corrected chi connectivity index (χ2v) is 6.85. The zero-order chi connectivity index (χ0) is 13.9. The van der Waals surface area contributed by atoms with Crippen molar-refractivity contribution in [2.45, 2.75) is 17.2 Å². The standard InChI is InChI=1S/C11H14N4O2S2/c1-9(18-15-8-2-7-13-15)14-19(16,17)11-5-3-10(12)4-6-11/h2-9,14H,12H2,1H3. The molecule has 1 aromatic carbocycles. The number of nitrogens with one attached hydrogen (secondary N) is 1. The number of nitrogen functional groups attached to an aromatic ring is 1. The van der Waals surface area contributed by atoms with E-state index in [4.69, 9.17) is 5.73 Å². The van der Waals surface area contributed by atoms with Crippen molar-refractivity contribution in [3.05, 3.63) is 42.7 Å². The van der Waals surface area contributed by atoms with Crippen molar-refractivity contribution in [1.82, 2.24) is 13.9 Å². The smallest absolute Gasteiger partial charge is 0.241 e. The van der Waals surface area contributed by atoms with E-state index in [1.165, 1.54) is 24.1 Å². The molecule has 0 aliphatic rings. The van der Waals surface area contributed by atoms with Crippen LogP contribution in [0.4, 0.5) is 5.69 Å². The highest BCUT2D eigenvalue weighted by Gasteiger charge is 2.18. The van der Waals surface area contributed by atoms with Crippen molar-refractivity contribution < 1.29 is 8.42 Å². The van der Waals surface area contributed by atoms with Crippen LogP contribution in [-0.4, -0.2) is 23.0 Å². The van der Waals surface area contributed by atoms with Crippen LogP contribution in [0, 0.1) is 0 Å². The van der Waals surface area contributed by atoms with Gasteiger partial charge in [0.25, 0.3) is 0 Å². The Hall–Kier alpha value is -1.51. The Bertz CT molecular complexity index is 623. The molecule has 0 fully saturated rings. The van der Waals surface area contributed by atoms with Gasteiger partial charge in [0.15, 0.2) is 0 Å². The van der Waals surface area contributed by atoms with Crippen LogP contribution in [0.1, 0.15) is 6.92 Å². The van der Waals surface area contributed by atoms with Crippen LogP contribution in [-0.2, 0) is 10.0 Å². The summed E-state index contributed by atoms with van der Waals surface area (Å²) in [6.07, 6.45) is 3.38. The van der Waals surface area contributed by atoms with Gasteiger partial charge in [-0.15, -0.1) is 0 Å². The molecular formula is C11H14N4O2S2. The monoisotopic (exact) mass is 298 g/mol. The van der Waals surface area contributed by atoms with E-state index in [9.17, 15) is 8.42 Å². The quantitative estimate of drug-likeness (QED) is 0.641. The molecule has 1 unspecified atom stereocenters. The predicted molar refractivity (Wildman–Crippen MR) is 75.9 cm³/mol. The highest BCUT2D eigenvalue weighted by molar-refractivity contribution is 7.99. The number of aromatic nitrogens is 2. The average molecular weight is 298 g/mol. The van der Waals surface area contributed by atoms with E-state index in [-0.39, 0.29) is 10.3 Å². The third-order valence-corrected chi connectivity index (χ3v) is 4.83. The molecule has 2 aromatic rings. The van der Waals surface area contributed by atoms with E-state index in [1.54, 1.807) is 41.6 Å². The average Bonchev–Trinajstić information content (AvgIpc) is 2.81. The van der Waals surface area contributed by atoms with E-state index in [0.29, 0.717) is 5.69 Å². The third-order valence-electron chi connectivity index (χ3n) is 2.26. The molecule has 102 valence electrons. The first-order valence-electron chi connectivity index (χ1n) is 5.52. The summed E-state index contributed by atoms with van der Waals surface area (Å²) < 4.78 is 28.3. The molecule has 1 atom stereocenters. The fraction of sp³-hybridized carbons (Fsp3) is 0.182. The van der Waals surface area contributed by atoms with Gasteiger partial charge in [0.1, 0.15) is 0 Å². The zero-order valence-corrected chi connectivity index (χ0v) is 11.9. The summed E-state index contributed by atoms with van der Waals surface area (Å²) in [5, 5.41) is 3.65.